The van der Waals surface area contributed by atoms with Crippen molar-refractivity contribution < 1.29 is 13.9 Å². The Bertz CT molecular complexity index is 923. The summed E-state index contributed by atoms with van der Waals surface area (Å²) < 4.78 is 20.6. The van der Waals surface area contributed by atoms with Gasteiger partial charge < -0.3 is 15.0 Å². The molecule has 5 heterocycles. The van der Waals surface area contributed by atoms with E-state index in [2.05, 4.69) is 20.2 Å². The number of hydrogen-bond donors (Lipinski definition) is 1. The first-order valence-electron chi connectivity index (χ1n) is 9.80. The van der Waals surface area contributed by atoms with Crippen molar-refractivity contribution in [2.45, 2.75) is 31.5 Å². The minimum absolute atomic E-state index is 0.157. The minimum atomic E-state index is -0.302. The monoisotopic (exact) mass is 382 g/mol. The number of nitrogens with zero attached hydrogens (tertiary/aromatic N) is 3. The second kappa shape index (κ2) is 6.51. The van der Waals surface area contributed by atoms with E-state index in [-0.39, 0.29) is 35.3 Å². The van der Waals surface area contributed by atoms with Crippen molar-refractivity contribution in [1.29, 1.82) is 0 Å². The number of aromatic nitrogens is 2. The Balaban J connectivity index is 1.31. The zero-order chi connectivity index (χ0) is 19.3. The topological polar surface area (TPSA) is 67.4 Å². The quantitative estimate of drug-likeness (QED) is 0.879. The van der Waals surface area contributed by atoms with Gasteiger partial charge in [0.2, 0.25) is 0 Å². The highest BCUT2D eigenvalue weighted by Gasteiger charge is 2.63. The lowest BCUT2D eigenvalue weighted by Crippen LogP contribution is -2.42. The third-order valence-corrected chi connectivity index (χ3v) is 6.49. The molecular formula is C21H23FN4O2. The lowest BCUT2D eigenvalue weighted by Gasteiger charge is -2.29. The molecule has 0 unspecified atom stereocenters. The van der Waals surface area contributed by atoms with E-state index in [1.807, 2.05) is 19.1 Å². The molecule has 2 aromatic rings. The summed E-state index contributed by atoms with van der Waals surface area (Å²) in [6.45, 7) is 3.85. The second-order valence-electron chi connectivity index (χ2n) is 8.11. The maximum atomic E-state index is 14.2. The summed E-state index contributed by atoms with van der Waals surface area (Å²) in [5, 5.41) is 3.04. The first kappa shape index (κ1) is 17.6. The number of halogens is 1. The Labute approximate surface area is 163 Å². The van der Waals surface area contributed by atoms with E-state index in [0.717, 1.165) is 25.1 Å². The molecule has 146 valence electrons. The highest BCUT2D eigenvalue weighted by molar-refractivity contribution is 5.92. The summed E-state index contributed by atoms with van der Waals surface area (Å²) in [5.74, 6) is 0.0568. The van der Waals surface area contributed by atoms with Crippen LogP contribution < -0.4 is 10.2 Å². The van der Waals surface area contributed by atoms with E-state index >= 15 is 0 Å². The van der Waals surface area contributed by atoms with Crippen LogP contribution in [-0.2, 0) is 4.74 Å². The van der Waals surface area contributed by atoms with Gasteiger partial charge in [0.25, 0.3) is 5.91 Å². The molecule has 2 bridgehead atoms. The molecule has 3 aliphatic heterocycles. The zero-order valence-electron chi connectivity index (χ0n) is 15.8. The standard InChI is InChI=1S/C21H23FN4O2/c1-13-3-2-4-17(25-13)20(27)24-9-14-15-11-26(18-6-8-23-10-16(18)22)12-21(15)7-5-19(14)28-21/h2-4,6,8,10,14-15,19H,5,7,9,11-12H2,1H3,(H,24,27)/t14-,15+,19+,21+/m0/s1. The number of fused-ring (bicyclic) bond motifs is 1. The van der Waals surface area contributed by atoms with Gasteiger partial charge in [-0.2, -0.15) is 0 Å². The molecule has 0 aliphatic carbocycles. The number of carbonyl (C=O) groups is 1. The molecule has 0 aromatic carbocycles. The molecule has 2 aromatic heterocycles. The molecule has 1 N–H and O–H groups in total. The van der Waals surface area contributed by atoms with Crippen LogP contribution >= 0.6 is 0 Å². The Kier molecular flexibility index (Phi) is 4.08. The molecule has 1 amide bonds. The van der Waals surface area contributed by atoms with Crippen molar-refractivity contribution in [3.05, 3.63) is 53.9 Å². The Morgan fingerprint density at radius 2 is 2.32 bits per heavy atom. The van der Waals surface area contributed by atoms with Crippen molar-refractivity contribution in [3.63, 3.8) is 0 Å². The molecule has 0 radical (unpaired) electrons. The summed E-state index contributed by atoms with van der Waals surface area (Å²) in [5.41, 5.74) is 1.61. The van der Waals surface area contributed by atoms with Crippen LogP contribution in [0.25, 0.3) is 0 Å². The van der Waals surface area contributed by atoms with Gasteiger partial charge in [0.1, 0.15) is 5.69 Å². The van der Waals surface area contributed by atoms with Crippen LogP contribution in [0, 0.1) is 24.6 Å². The van der Waals surface area contributed by atoms with Crippen LogP contribution in [0.4, 0.5) is 10.1 Å². The fourth-order valence-corrected chi connectivity index (χ4v) is 5.24. The number of aryl methyl sites for hydroxylation is 1. The molecule has 6 nitrogen and oxygen atoms in total. The van der Waals surface area contributed by atoms with Crippen LogP contribution in [-0.4, -0.2) is 47.2 Å². The van der Waals surface area contributed by atoms with E-state index in [4.69, 9.17) is 4.74 Å². The van der Waals surface area contributed by atoms with Crippen molar-refractivity contribution in [2.75, 3.05) is 24.5 Å². The molecule has 4 atom stereocenters. The highest BCUT2D eigenvalue weighted by Crippen LogP contribution is 2.55. The van der Waals surface area contributed by atoms with Crippen molar-refractivity contribution in [3.8, 4) is 0 Å². The van der Waals surface area contributed by atoms with Crippen LogP contribution in [0.1, 0.15) is 29.0 Å². The van der Waals surface area contributed by atoms with Gasteiger partial charge in [-0.1, -0.05) is 6.07 Å². The van der Waals surface area contributed by atoms with Crippen LogP contribution in [0.3, 0.4) is 0 Å². The van der Waals surface area contributed by atoms with Crippen molar-refractivity contribution >= 4 is 11.6 Å². The Morgan fingerprint density at radius 3 is 3.14 bits per heavy atom. The number of carbonyl (C=O) groups excluding carboxylic acids is 1. The Morgan fingerprint density at radius 1 is 1.43 bits per heavy atom. The fourth-order valence-electron chi connectivity index (χ4n) is 5.24. The van der Waals surface area contributed by atoms with Crippen LogP contribution in [0.15, 0.2) is 36.7 Å². The molecule has 3 fully saturated rings. The van der Waals surface area contributed by atoms with Gasteiger partial charge in [-0.3, -0.25) is 9.78 Å². The normalized spacial score (nSPS) is 30.5. The maximum Gasteiger partial charge on any atom is 0.269 e. The smallest absolute Gasteiger partial charge is 0.269 e. The number of hydrogen-bond acceptors (Lipinski definition) is 5. The van der Waals surface area contributed by atoms with Crippen molar-refractivity contribution in [2.24, 2.45) is 11.8 Å². The molecule has 0 saturated carbocycles. The number of pyridine rings is 2. The van der Waals surface area contributed by atoms with E-state index in [9.17, 15) is 9.18 Å². The Hall–Kier alpha value is -2.54. The van der Waals surface area contributed by atoms with Crippen molar-refractivity contribution in [1.82, 2.24) is 15.3 Å². The molecule has 5 rings (SSSR count). The third kappa shape index (κ3) is 2.76. The van der Waals surface area contributed by atoms with Gasteiger partial charge in [-0.25, -0.2) is 9.37 Å². The minimum Gasteiger partial charge on any atom is -0.369 e. The second-order valence-corrected chi connectivity index (χ2v) is 8.11. The van der Waals surface area contributed by atoms with Gasteiger partial charge in [-0.15, -0.1) is 0 Å². The van der Waals surface area contributed by atoms with Gasteiger partial charge >= 0.3 is 0 Å². The van der Waals surface area contributed by atoms with Crippen LogP contribution in [0.5, 0.6) is 0 Å². The average molecular weight is 382 g/mol. The van der Waals surface area contributed by atoms with Crippen LogP contribution in [0.2, 0.25) is 0 Å². The number of rotatable bonds is 4. The summed E-state index contributed by atoms with van der Waals surface area (Å²) in [4.78, 5) is 22.7. The third-order valence-electron chi connectivity index (χ3n) is 6.49. The molecule has 7 heteroatoms. The number of nitrogens with one attached hydrogen (secondary N) is 1. The molecular weight excluding hydrogens is 359 g/mol. The van der Waals surface area contributed by atoms with Gasteiger partial charge in [0.15, 0.2) is 5.82 Å². The first-order chi connectivity index (χ1) is 13.6. The van der Waals surface area contributed by atoms with E-state index < -0.39 is 0 Å². The predicted molar refractivity (Wildman–Crippen MR) is 102 cm³/mol. The van der Waals surface area contributed by atoms with E-state index in [0.29, 0.717) is 24.5 Å². The largest absolute Gasteiger partial charge is 0.369 e. The average Bonchev–Trinajstić information content (AvgIpc) is 3.35. The molecule has 3 saturated heterocycles. The zero-order valence-corrected chi connectivity index (χ0v) is 15.8. The molecule has 1 spiro atoms. The van der Waals surface area contributed by atoms with Gasteiger partial charge in [0.05, 0.1) is 23.6 Å². The lowest BCUT2D eigenvalue weighted by molar-refractivity contribution is 0.0141. The summed E-state index contributed by atoms with van der Waals surface area (Å²) in [6, 6.07) is 7.16. The van der Waals surface area contributed by atoms with E-state index in [1.165, 1.54) is 6.20 Å². The van der Waals surface area contributed by atoms with Gasteiger partial charge in [0, 0.05) is 43.4 Å². The summed E-state index contributed by atoms with van der Waals surface area (Å²) in [7, 11) is 0. The maximum absolute atomic E-state index is 14.2. The van der Waals surface area contributed by atoms with E-state index in [1.54, 1.807) is 18.3 Å². The predicted octanol–water partition coefficient (Wildman–Crippen LogP) is 2.34. The first-order valence-corrected chi connectivity index (χ1v) is 9.80. The SMILES string of the molecule is Cc1cccc(C(=O)NC[C@H]2[C@H]3CN(c4ccncc4F)C[C@]34CC[C@H]2O4)n1. The lowest BCUT2D eigenvalue weighted by atomic mass is 9.73. The molecule has 28 heavy (non-hydrogen) atoms. The summed E-state index contributed by atoms with van der Waals surface area (Å²) >= 11 is 0. The fraction of sp³-hybridized carbons (Fsp3) is 0.476. The number of amides is 1. The number of anilines is 1. The highest BCUT2D eigenvalue weighted by atomic mass is 19.1. The molecule has 3 aliphatic rings. The van der Waals surface area contributed by atoms with Gasteiger partial charge in [-0.05, 0) is 38.0 Å². The number of ether oxygens (including phenoxy) is 1. The summed E-state index contributed by atoms with van der Waals surface area (Å²) in [6.07, 6.45) is 5.03.